The Morgan fingerprint density at radius 2 is 1.60 bits per heavy atom. The maximum Gasteiger partial charge on any atom is 0.420 e. The number of aliphatic hydroxyl groups is 1. The van der Waals surface area contributed by atoms with E-state index in [4.69, 9.17) is 9.47 Å². The fourth-order valence-corrected chi connectivity index (χ4v) is 3.46. The maximum absolute atomic E-state index is 12.7. The summed E-state index contributed by atoms with van der Waals surface area (Å²) in [6.07, 6.45) is -1.61. The second kappa shape index (κ2) is 9.14. The van der Waals surface area contributed by atoms with Crippen LogP contribution in [0.15, 0.2) is 23.7 Å². The van der Waals surface area contributed by atoms with Crippen molar-refractivity contribution in [2.45, 2.75) is 72.8 Å². The molecule has 2 aromatic rings. The summed E-state index contributed by atoms with van der Waals surface area (Å²) in [6, 6.07) is 5.53. The number of carbonyl (C=O) groups is 2. The standard InChI is InChI=1S/C22H30N2O5S/c1-14-18(30-13-23-14)15-8-9-16(17(10-15)12-25)11-24(19(26)28-21(2,3)4)20(27)29-22(5,6)7/h8-10,13,25H,11-12H2,1-7H3. The van der Waals surface area contributed by atoms with E-state index in [0.29, 0.717) is 11.1 Å². The Morgan fingerprint density at radius 3 is 2.03 bits per heavy atom. The second-order valence-corrected chi connectivity index (χ2v) is 9.81. The van der Waals surface area contributed by atoms with Gasteiger partial charge >= 0.3 is 12.2 Å². The van der Waals surface area contributed by atoms with Crippen LogP contribution in [0.4, 0.5) is 9.59 Å². The number of thiazole rings is 1. The van der Waals surface area contributed by atoms with Gasteiger partial charge in [0.2, 0.25) is 0 Å². The minimum atomic E-state index is -0.803. The molecule has 0 fully saturated rings. The summed E-state index contributed by atoms with van der Waals surface area (Å²) < 4.78 is 10.8. The number of aromatic nitrogens is 1. The third-order valence-corrected chi connectivity index (χ3v) is 4.92. The first-order valence-corrected chi connectivity index (χ1v) is 10.6. The molecule has 2 rings (SSSR count). The first kappa shape index (κ1) is 23.8. The van der Waals surface area contributed by atoms with Crippen molar-refractivity contribution in [2.24, 2.45) is 0 Å². The summed E-state index contributed by atoms with van der Waals surface area (Å²) in [5.74, 6) is 0. The molecule has 2 amide bonds. The van der Waals surface area contributed by atoms with Crippen molar-refractivity contribution in [2.75, 3.05) is 0 Å². The predicted octanol–water partition coefficient (Wildman–Crippen LogP) is 5.28. The monoisotopic (exact) mass is 434 g/mol. The maximum atomic E-state index is 12.7. The molecule has 0 unspecified atom stereocenters. The van der Waals surface area contributed by atoms with Gasteiger partial charge in [0.05, 0.1) is 29.2 Å². The Balaban J connectivity index is 2.37. The summed E-state index contributed by atoms with van der Waals surface area (Å²) in [4.78, 5) is 31.6. The van der Waals surface area contributed by atoms with E-state index in [1.807, 2.05) is 19.1 Å². The number of rotatable bonds is 4. The zero-order valence-corrected chi connectivity index (χ0v) is 19.4. The molecule has 8 heteroatoms. The Bertz CT molecular complexity index is 881. The molecule has 7 nitrogen and oxygen atoms in total. The predicted molar refractivity (Wildman–Crippen MR) is 116 cm³/mol. The third kappa shape index (κ3) is 6.53. The van der Waals surface area contributed by atoms with Crippen molar-refractivity contribution in [1.29, 1.82) is 0 Å². The molecule has 1 N–H and O–H groups in total. The zero-order valence-electron chi connectivity index (χ0n) is 18.6. The van der Waals surface area contributed by atoms with Crippen molar-refractivity contribution in [3.8, 4) is 10.4 Å². The highest BCUT2D eigenvalue weighted by Crippen LogP contribution is 2.29. The molecule has 0 aliphatic carbocycles. The average molecular weight is 435 g/mol. The highest BCUT2D eigenvalue weighted by molar-refractivity contribution is 7.13. The van der Waals surface area contributed by atoms with Crippen LogP contribution in [0.25, 0.3) is 10.4 Å². The quantitative estimate of drug-likeness (QED) is 0.704. The Morgan fingerprint density at radius 1 is 1.03 bits per heavy atom. The number of aliphatic hydroxyl groups excluding tert-OH is 1. The number of aryl methyl sites for hydroxylation is 1. The first-order valence-electron chi connectivity index (χ1n) is 9.67. The van der Waals surface area contributed by atoms with Crippen molar-refractivity contribution in [1.82, 2.24) is 9.88 Å². The lowest BCUT2D eigenvalue weighted by Crippen LogP contribution is -2.43. The van der Waals surface area contributed by atoms with Crippen LogP contribution in [-0.2, 0) is 22.6 Å². The van der Waals surface area contributed by atoms with Crippen molar-refractivity contribution < 1.29 is 24.2 Å². The number of carbonyl (C=O) groups excluding carboxylic acids is 2. The largest absolute Gasteiger partial charge is 0.443 e. The second-order valence-electron chi connectivity index (χ2n) is 8.96. The third-order valence-electron chi connectivity index (χ3n) is 3.94. The Kier molecular flexibility index (Phi) is 7.26. The molecule has 164 valence electrons. The fourth-order valence-electron chi connectivity index (χ4n) is 2.66. The van der Waals surface area contributed by atoms with Crippen LogP contribution in [0.3, 0.4) is 0 Å². The van der Waals surface area contributed by atoms with Gasteiger partial charge in [-0.2, -0.15) is 0 Å². The van der Waals surface area contributed by atoms with Crippen molar-refractivity contribution in [3.63, 3.8) is 0 Å². The summed E-state index contributed by atoms with van der Waals surface area (Å²) >= 11 is 1.51. The van der Waals surface area contributed by atoms with Crippen LogP contribution in [0.2, 0.25) is 0 Å². The van der Waals surface area contributed by atoms with Crippen LogP contribution in [0, 0.1) is 6.92 Å². The molecule has 0 radical (unpaired) electrons. The van der Waals surface area contributed by atoms with E-state index in [2.05, 4.69) is 4.98 Å². The molecule has 0 bridgehead atoms. The van der Waals surface area contributed by atoms with Crippen molar-refractivity contribution >= 4 is 23.5 Å². The SMILES string of the molecule is Cc1ncsc1-c1ccc(CN(C(=O)OC(C)(C)C)C(=O)OC(C)(C)C)c(CO)c1. The molecule has 30 heavy (non-hydrogen) atoms. The van der Waals surface area contributed by atoms with E-state index >= 15 is 0 Å². The van der Waals surface area contributed by atoms with E-state index in [9.17, 15) is 14.7 Å². The van der Waals surface area contributed by atoms with Gasteiger partial charge in [-0.05, 0) is 71.2 Å². The first-order chi connectivity index (χ1) is 13.8. The van der Waals surface area contributed by atoms with Gasteiger partial charge in [-0.15, -0.1) is 11.3 Å². The summed E-state index contributed by atoms with van der Waals surface area (Å²) in [7, 11) is 0. The van der Waals surface area contributed by atoms with Gasteiger partial charge in [-0.3, -0.25) is 0 Å². The summed E-state index contributed by atoms with van der Waals surface area (Å²) in [5.41, 5.74) is 3.28. The smallest absolute Gasteiger partial charge is 0.420 e. The zero-order chi connectivity index (χ0) is 22.7. The van der Waals surface area contributed by atoms with Gasteiger partial charge in [0, 0.05) is 0 Å². The van der Waals surface area contributed by atoms with E-state index in [0.717, 1.165) is 21.0 Å². The molecule has 0 atom stereocenters. The molecule has 0 spiro atoms. The lowest BCUT2D eigenvalue weighted by Gasteiger charge is -2.29. The van der Waals surface area contributed by atoms with Crippen LogP contribution in [-0.4, -0.2) is 38.4 Å². The molecule has 1 aromatic heterocycles. The number of hydrogen-bond acceptors (Lipinski definition) is 7. The molecule has 0 aliphatic heterocycles. The van der Waals surface area contributed by atoms with Crippen LogP contribution >= 0.6 is 11.3 Å². The van der Waals surface area contributed by atoms with Crippen LogP contribution in [0.1, 0.15) is 58.4 Å². The fraction of sp³-hybridized carbons (Fsp3) is 0.500. The number of nitrogens with zero attached hydrogens (tertiary/aromatic N) is 2. The van der Waals surface area contributed by atoms with Gasteiger partial charge in [-0.25, -0.2) is 19.5 Å². The molecule has 0 saturated carbocycles. The van der Waals surface area contributed by atoms with E-state index in [-0.39, 0.29) is 13.2 Å². The molecule has 1 aromatic carbocycles. The lowest BCUT2D eigenvalue weighted by molar-refractivity contribution is -0.000349. The van der Waals surface area contributed by atoms with Gasteiger partial charge in [0.1, 0.15) is 11.2 Å². The summed E-state index contributed by atoms with van der Waals surface area (Å²) in [6.45, 7) is 12.0. The highest BCUT2D eigenvalue weighted by atomic mass is 32.1. The topological polar surface area (TPSA) is 89.0 Å². The molecule has 0 aliphatic rings. The van der Waals surface area contributed by atoms with Gasteiger partial charge < -0.3 is 14.6 Å². The number of hydrogen-bond donors (Lipinski definition) is 1. The number of amides is 2. The van der Waals surface area contributed by atoms with E-state index in [1.165, 1.54) is 11.3 Å². The minimum absolute atomic E-state index is 0.0817. The number of ether oxygens (including phenoxy) is 2. The number of benzene rings is 1. The lowest BCUT2D eigenvalue weighted by atomic mass is 10.0. The minimum Gasteiger partial charge on any atom is -0.443 e. The molecule has 1 heterocycles. The van der Waals surface area contributed by atoms with Gasteiger partial charge in [0.25, 0.3) is 0 Å². The van der Waals surface area contributed by atoms with Gasteiger partial charge in [-0.1, -0.05) is 12.1 Å². The van der Waals surface area contributed by atoms with E-state index in [1.54, 1.807) is 53.1 Å². The van der Waals surface area contributed by atoms with Crippen molar-refractivity contribution in [3.05, 3.63) is 40.5 Å². The van der Waals surface area contributed by atoms with E-state index < -0.39 is 23.4 Å². The normalized spacial score (nSPS) is 11.9. The highest BCUT2D eigenvalue weighted by Gasteiger charge is 2.31. The molecule has 0 saturated heterocycles. The Labute approximate surface area is 181 Å². The average Bonchev–Trinajstić information content (AvgIpc) is 3.02. The number of imide groups is 1. The van der Waals surface area contributed by atoms with Crippen LogP contribution in [0.5, 0.6) is 0 Å². The van der Waals surface area contributed by atoms with Crippen LogP contribution < -0.4 is 0 Å². The Hall–Kier alpha value is -2.45. The molecular weight excluding hydrogens is 404 g/mol. The molecular formula is C22H30N2O5S. The van der Waals surface area contributed by atoms with Gasteiger partial charge in [0.15, 0.2) is 0 Å². The summed E-state index contributed by atoms with van der Waals surface area (Å²) in [5, 5.41) is 9.91.